The number of fused-ring (bicyclic) bond motifs is 1. The standard InChI is InChI=1S/C26H24F2O2/c1-2-3-17-4-6-18(7-5-17)19-8-10-20(11-9-19)26(29)30-22-13-14-23-21(16-22)12-15-24(27)25(23)28/h2-3,8-18H,4-7H2,1H3/b3-2+. The molecule has 1 fully saturated rings. The Morgan fingerprint density at radius 2 is 1.70 bits per heavy atom. The summed E-state index contributed by atoms with van der Waals surface area (Å²) in [5.74, 6) is -0.756. The van der Waals surface area contributed by atoms with Crippen molar-refractivity contribution in [3.05, 3.63) is 89.5 Å². The van der Waals surface area contributed by atoms with E-state index in [1.807, 2.05) is 12.1 Å². The smallest absolute Gasteiger partial charge is 0.343 e. The van der Waals surface area contributed by atoms with E-state index in [-0.39, 0.29) is 5.39 Å². The minimum Gasteiger partial charge on any atom is -0.423 e. The summed E-state index contributed by atoms with van der Waals surface area (Å²) in [5, 5.41) is 0.631. The molecule has 0 spiro atoms. The lowest BCUT2D eigenvalue weighted by Crippen LogP contribution is -2.12. The van der Waals surface area contributed by atoms with Crippen LogP contribution in [-0.2, 0) is 0 Å². The molecule has 0 unspecified atom stereocenters. The maximum Gasteiger partial charge on any atom is 0.343 e. The van der Waals surface area contributed by atoms with Gasteiger partial charge in [-0.1, -0.05) is 30.4 Å². The molecule has 4 rings (SSSR count). The predicted octanol–water partition coefficient (Wildman–Crippen LogP) is 7.19. The maximum absolute atomic E-state index is 13.8. The van der Waals surface area contributed by atoms with E-state index in [1.165, 1.54) is 42.7 Å². The van der Waals surface area contributed by atoms with Crippen LogP contribution in [0.2, 0.25) is 0 Å². The lowest BCUT2D eigenvalue weighted by molar-refractivity contribution is 0.0735. The molecule has 1 saturated carbocycles. The van der Waals surface area contributed by atoms with E-state index in [2.05, 4.69) is 19.1 Å². The van der Waals surface area contributed by atoms with Crippen molar-refractivity contribution in [2.75, 3.05) is 0 Å². The first-order chi connectivity index (χ1) is 14.5. The van der Waals surface area contributed by atoms with Crippen molar-refractivity contribution in [3.63, 3.8) is 0 Å². The molecule has 2 nitrogen and oxygen atoms in total. The Kier molecular flexibility index (Phi) is 5.93. The van der Waals surface area contributed by atoms with Gasteiger partial charge in [-0.05, 0) is 91.8 Å². The third-order valence-electron chi connectivity index (χ3n) is 5.94. The fourth-order valence-corrected chi connectivity index (χ4v) is 4.28. The van der Waals surface area contributed by atoms with Gasteiger partial charge in [-0.3, -0.25) is 0 Å². The number of benzene rings is 3. The normalized spacial score (nSPS) is 19.3. The number of ether oxygens (including phenoxy) is 1. The number of hydrogen-bond acceptors (Lipinski definition) is 2. The van der Waals surface area contributed by atoms with E-state index in [9.17, 15) is 13.6 Å². The van der Waals surface area contributed by atoms with Crippen molar-refractivity contribution in [2.24, 2.45) is 5.92 Å². The number of rotatable bonds is 4. The molecule has 0 N–H and O–H groups in total. The molecular formula is C26H24F2O2. The van der Waals surface area contributed by atoms with Crippen LogP contribution in [0, 0.1) is 17.6 Å². The molecular weight excluding hydrogens is 382 g/mol. The second-order valence-electron chi connectivity index (χ2n) is 7.89. The zero-order chi connectivity index (χ0) is 21.1. The summed E-state index contributed by atoms with van der Waals surface area (Å²) >= 11 is 0. The Morgan fingerprint density at radius 1 is 0.967 bits per heavy atom. The van der Waals surface area contributed by atoms with Gasteiger partial charge in [0.1, 0.15) is 5.75 Å². The molecule has 0 saturated heterocycles. The van der Waals surface area contributed by atoms with E-state index in [0.29, 0.717) is 28.5 Å². The summed E-state index contributed by atoms with van der Waals surface area (Å²) in [6.45, 7) is 2.07. The second-order valence-corrected chi connectivity index (χ2v) is 7.89. The van der Waals surface area contributed by atoms with Crippen LogP contribution >= 0.6 is 0 Å². The minimum absolute atomic E-state index is 0.156. The number of esters is 1. The Bertz CT molecular complexity index is 1080. The van der Waals surface area contributed by atoms with Crippen molar-refractivity contribution >= 4 is 16.7 Å². The van der Waals surface area contributed by atoms with Crippen molar-refractivity contribution < 1.29 is 18.3 Å². The summed E-state index contributed by atoms with van der Waals surface area (Å²) < 4.78 is 32.6. The summed E-state index contributed by atoms with van der Waals surface area (Å²) in [6.07, 6.45) is 9.15. The first kappa shape index (κ1) is 20.3. The van der Waals surface area contributed by atoms with Crippen LogP contribution in [0.4, 0.5) is 8.78 Å². The Hall–Kier alpha value is -3.01. The fraction of sp³-hybridized carbons (Fsp3) is 0.269. The largest absolute Gasteiger partial charge is 0.423 e. The SMILES string of the molecule is C/C=C/C1CCC(c2ccc(C(=O)Oc3ccc4c(F)c(F)ccc4c3)cc2)CC1. The van der Waals surface area contributed by atoms with Crippen LogP contribution < -0.4 is 4.74 Å². The molecule has 0 bridgehead atoms. The third kappa shape index (κ3) is 4.28. The number of halogens is 2. The van der Waals surface area contributed by atoms with Crippen molar-refractivity contribution in [1.29, 1.82) is 0 Å². The molecule has 4 heteroatoms. The molecule has 0 amide bonds. The van der Waals surface area contributed by atoms with Gasteiger partial charge in [-0.2, -0.15) is 0 Å². The molecule has 3 aromatic carbocycles. The first-order valence-corrected chi connectivity index (χ1v) is 10.4. The second kappa shape index (κ2) is 8.78. The van der Waals surface area contributed by atoms with Crippen LogP contribution in [0.5, 0.6) is 5.75 Å². The lowest BCUT2D eigenvalue weighted by Gasteiger charge is -2.27. The highest BCUT2D eigenvalue weighted by Gasteiger charge is 2.21. The zero-order valence-corrected chi connectivity index (χ0v) is 16.9. The molecule has 3 aromatic rings. The van der Waals surface area contributed by atoms with E-state index < -0.39 is 17.6 Å². The number of carbonyl (C=O) groups excluding carboxylic acids is 1. The first-order valence-electron chi connectivity index (χ1n) is 10.4. The Balaban J connectivity index is 1.43. The molecule has 0 aliphatic heterocycles. The molecule has 154 valence electrons. The van der Waals surface area contributed by atoms with Gasteiger partial charge in [-0.15, -0.1) is 0 Å². The van der Waals surface area contributed by atoms with E-state index in [4.69, 9.17) is 4.74 Å². The summed E-state index contributed by atoms with van der Waals surface area (Å²) in [7, 11) is 0. The summed E-state index contributed by atoms with van der Waals surface area (Å²) in [4.78, 5) is 12.5. The Morgan fingerprint density at radius 3 is 2.40 bits per heavy atom. The molecule has 1 aliphatic carbocycles. The fourth-order valence-electron chi connectivity index (χ4n) is 4.28. The number of allylic oxidation sites excluding steroid dienone is 2. The molecule has 0 aromatic heterocycles. The van der Waals surface area contributed by atoms with Gasteiger partial charge in [0, 0.05) is 5.39 Å². The molecule has 0 atom stereocenters. The summed E-state index contributed by atoms with van der Waals surface area (Å²) in [6, 6.07) is 14.6. The summed E-state index contributed by atoms with van der Waals surface area (Å²) in [5.41, 5.74) is 1.72. The quantitative estimate of drug-likeness (QED) is 0.260. The predicted molar refractivity (Wildman–Crippen MR) is 115 cm³/mol. The molecule has 1 aliphatic rings. The van der Waals surface area contributed by atoms with Gasteiger partial charge >= 0.3 is 5.97 Å². The monoisotopic (exact) mass is 406 g/mol. The van der Waals surface area contributed by atoms with Gasteiger partial charge in [0.25, 0.3) is 0 Å². The highest BCUT2D eigenvalue weighted by molar-refractivity contribution is 5.92. The van der Waals surface area contributed by atoms with E-state index >= 15 is 0 Å². The van der Waals surface area contributed by atoms with Gasteiger partial charge in [0.15, 0.2) is 11.6 Å². The number of carbonyl (C=O) groups is 1. The topological polar surface area (TPSA) is 26.3 Å². The van der Waals surface area contributed by atoms with Gasteiger partial charge in [0.05, 0.1) is 5.56 Å². The van der Waals surface area contributed by atoms with Crippen LogP contribution in [0.3, 0.4) is 0 Å². The zero-order valence-electron chi connectivity index (χ0n) is 16.9. The molecule has 0 radical (unpaired) electrons. The number of hydrogen-bond donors (Lipinski definition) is 0. The van der Waals surface area contributed by atoms with Gasteiger partial charge < -0.3 is 4.74 Å². The van der Waals surface area contributed by atoms with Crippen molar-refractivity contribution in [1.82, 2.24) is 0 Å². The minimum atomic E-state index is -0.902. The third-order valence-corrected chi connectivity index (χ3v) is 5.94. The Labute approximate surface area is 175 Å². The highest BCUT2D eigenvalue weighted by atomic mass is 19.2. The highest BCUT2D eigenvalue weighted by Crippen LogP contribution is 2.36. The van der Waals surface area contributed by atoms with Crippen molar-refractivity contribution in [3.8, 4) is 5.75 Å². The van der Waals surface area contributed by atoms with Crippen LogP contribution in [-0.4, -0.2) is 5.97 Å². The van der Waals surface area contributed by atoms with Crippen molar-refractivity contribution in [2.45, 2.75) is 38.5 Å². The van der Waals surface area contributed by atoms with Gasteiger partial charge in [0.2, 0.25) is 0 Å². The van der Waals surface area contributed by atoms with E-state index in [0.717, 1.165) is 18.9 Å². The molecule has 30 heavy (non-hydrogen) atoms. The lowest BCUT2D eigenvalue weighted by atomic mass is 9.78. The van der Waals surface area contributed by atoms with Crippen LogP contribution in [0.25, 0.3) is 10.8 Å². The van der Waals surface area contributed by atoms with Crippen LogP contribution in [0.1, 0.15) is 54.4 Å². The van der Waals surface area contributed by atoms with Crippen LogP contribution in [0.15, 0.2) is 66.7 Å². The average Bonchev–Trinajstić information content (AvgIpc) is 2.77. The van der Waals surface area contributed by atoms with E-state index in [1.54, 1.807) is 12.1 Å². The van der Waals surface area contributed by atoms with Gasteiger partial charge in [-0.25, -0.2) is 13.6 Å². The maximum atomic E-state index is 13.8. The molecule has 0 heterocycles. The average molecular weight is 406 g/mol.